The van der Waals surface area contributed by atoms with E-state index in [-0.39, 0.29) is 6.04 Å². The van der Waals surface area contributed by atoms with Gasteiger partial charge in [0, 0.05) is 37.4 Å². The van der Waals surface area contributed by atoms with Gasteiger partial charge >= 0.3 is 0 Å². The largest absolute Gasteiger partial charge is 0.492 e. The number of hydrogen-bond donors (Lipinski definition) is 2. The number of benzene rings is 1. The second-order valence-corrected chi connectivity index (χ2v) is 4.89. The van der Waals surface area contributed by atoms with Crippen molar-refractivity contribution in [2.45, 2.75) is 19.5 Å². The number of nitrogens with zero attached hydrogens (tertiary/aromatic N) is 1. The van der Waals surface area contributed by atoms with Crippen LogP contribution in [0.3, 0.4) is 0 Å². The van der Waals surface area contributed by atoms with Crippen LogP contribution in [0, 0.1) is 0 Å². The molecule has 0 aromatic heterocycles. The van der Waals surface area contributed by atoms with Crippen molar-refractivity contribution in [2.24, 2.45) is 0 Å². The summed E-state index contributed by atoms with van der Waals surface area (Å²) in [5.74, 6) is 0.155. The second-order valence-electron chi connectivity index (χ2n) is 4.89. The van der Waals surface area contributed by atoms with E-state index in [9.17, 15) is 4.79 Å². The highest BCUT2D eigenvalue weighted by atomic mass is 16.5. The molecule has 1 aromatic carbocycles. The number of methoxy groups -OCH3 is 1. The summed E-state index contributed by atoms with van der Waals surface area (Å²) in [5, 5.41) is 8.67. The van der Waals surface area contributed by atoms with Crippen molar-refractivity contribution in [3.05, 3.63) is 29.3 Å². The van der Waals surface area contributed by atoms with Crippen molar-refractivity contribution in [1.82, 2.24) is 10.4 Å². The average Bonchev–Trinajstić information content (AvgIpc) is 2.63. The van der Waals surface area contributed by atoms with Gasteiger partial charge in [-0.2, -0.15) is 0 Å². The summed E-state index contributed by atoms with van der Waals surface area (Å²) >= 11 is 0. The minimum Gasteiger partial charge on any atom is -0.492 e. The maximum atomic E-state index is 11.4. The number of amides is 1. The molecule has 0 spiro atoms. The zero-order valence-electron chi connectivity index (χ0n) is 11.8. The standard InChI is InChI=1S/C14H20N2O4/c1-10-9-20-13-7-11(14(17)15-18)3-4-12(13)8-16(10)5-6-19-2/h3-4,7,10,18H,5-6,8-9H2,1-2H3,(H,15,17)/t10-/m0/s1. The fraction of sp³-hybridized carbons (Fsp3) is 0.500. The Bertz CT molecular complexity index is 478. The molecule has 2 rings (SSSR count). The Morgan fingerprint density at radius 2 is 2.40 bits per heavy atom. The summed E-state index contributed by atoms with van der Waals surface area (Å²) in [7, 11) is 1.69. The van der Waals surface area contributed by atoms with Crippen LogP contribution in [0.2, 0.25) is 0 Å². The predicted octanol–water partition coefficient (Wildman–Crippen LogP) is 1.03. The van der Waals surface area contributed by atoms with Gasteiger partial charge in [-0.1, -0.05) is 6.07 Å². The summed E-state index contributed by atoms with van der Waals surface area (Å²) in [6.07, 6.45) is 0. The Kier molecular flexibility index (Phi) is 4.94. The van der Waals surface area contributed by atoms with Gasteiger partial charge in [-0.05, 0) is 19.1 Å². The third-order valence-corrected chi connectivity index (χ3v) is 3.49. The smallest absolute Gasteiger partial charge is 0.274 e. The highest BCUT2D eigenvalue weighted by Crippen LogP contribution is 2.26. The molecule has 0 bridgehead atoms. The van der Waals surface area contributed by atoms with Crippen molar-refractivity contribution in [3.63, 3.8) is 0 Å². The van der Waals surface area contributed by atoms with E-state index in [0.29, 0.717) is 24.5 Å². The minimum absolute atomic E-state index is 0.271. The Labute approximate surface area is 118 Å². The molecule has 0 unspecified atom stereocenters. The molecule has 1 aliphatic heterocycles. The van der Waals surface area contributed by atoms with E-state index in [1.54, 1.807) is 24.7 Å². The van der Waals surface area contributed by atoms with Crippen LogP contribution in [-0.2, 0) is 11.3 Å². The Morgan fingerprint density at radius 3 is 3.10 bits per heavy atom. The van der Waals surface area contributed by atoms with Crippen LogP contribution in [0.15, 0.2) is 18.2 Å². The molecule has 2 N–H and O–H groups in total. The summed E-state index contributed by atoms with van der Waals surface area (Å²) in [6, 6.07) is 5.47. The molecular formula is C14H20N2O4. The maximum absolute atomic E-state index is 11.4. The third kappa shape index (κ3) is 3.27. The lowest BCUT2D eigenvalue weighted by Gasteiger charge is -2.25. The lowest BCUT2D eigenvalue weighted by Crippen LogP contribution is -2.37. The number of carbonyl (C=O) groups is 1. The lowest BCUT2D eigenvalue weighted by atomic mass is 10.1. The van der Waals surface area contributed by atoms with Gasteiger partial charge in [-0.15, -0.1) is 0 Å². The number of nitrogens with one attached hydrogen (secondary N) is 1. The van der Waals surface area contributed by atoms with Gasteiger partial charge in [-0.3, -0.25) is 14.9 Å². The van der Waals surface area contributed by atoms with Gasteiger partial charge in [0.15, 0.2) is 0 Å². The van der Waals surface area contributed by atoms with E-state index < -0.39 is 5.91 Å². The molecule has 0 radical (unpaired) electrons. The van der Waals surface area contributed by atoms with Crippen molar-refractivity contribution in [1.29, 1.82) is 0 Å². The molecule has 0 saturated carbocycles. The first-order valence-corrected chi connectivity index (χ1v) is 6.59. The molecule has 1 aliphatic rings. The van der Waals surface area contributed by atoms with Crippen LogP contribution in [0.1, 0.15) is 22.8 Å². The molecule has 20 heavy (non-hydrogen) atoms. The molecule has 1 aromatic rings. The highest BCUT2D eigenvalue weighted by Gasteiger charge is 2.22. The number of fused-ring (bicyclic) bond motifs is 1. The number of rotatable bonds is 4. The maximum Gasteiger partial charge on any atom is 0.274 e. The normalized spacial score (nSPS) is 18.9. The van der Waals surface area contributed by atoms with E-state index in [2.05, 4.69) is 11.8 Å². The summed E-state index contributed by atoms with van der Waals surface area (Å²) in [5.41, 5.74) is 3.03. The molecule has 6 heteroatoms. The van der Waals surface area contributed by atoms with Crippen LogP contribution in [-0.4, -0.2) is 48.9 Å². The van der Waals surface area contributed by atoms with Crippen molar-refractivity contribution in [2.75, 3.05) is 26.9 Å². The van der Waals surface area contributed by atoms with Gasteiger partial charge < -0.3 is 9.47 Å². The molecule has 1 amide bonds. The number of ether oxygens (including phenoxy) is 2. The SMILES string of the molecule is COCCN1Cc2ccc(C(=O)NO)cc2OC[C@@H]1C. The van der Waals surface area contributed by atoms with Crippen molar-refractivity contribution in [3.8, 4) is 5.75 Å². The number of carbonyl (C=O) groups excluding carboxylic acids is 1. The molecule has 1 atom stereocenters. The lowest BCUT2D eigenvalue weighted by molar-refractivity contribution is 0.0706. The molecule has 0 aliphatic carbocycles. The topological polar surface area (TPSA) is 71.0 Å². The van der Waals surface area contributed by atoms with E-state index in [0.717, 1.165) is 18.7 Å². The second kappa shape index (κ2) is 6.69. The van der Waals surface area contributed by atoms with Crippen molar-refractivity contribution < 1.29 is 19.5 Å². The van der Waals surface area contributed by atoms with Gasteiger partial charge in [0.05, 0.1) is 6.61 Å². The average molecular weight is 280 g/mol. The predicted molar refractivity (Wildman–Crippen MR) is 72.9 cm³/mol. The molecule has 110 valence electrons. The van der Waals surface area contributed by atoms with Crippen molar-refractivity contribution >= 4 is 5.91 Å². The van der Waals surface area contributed by atoms with Crippen LogP contribution >= 0.6 is 0 Å². The number of hydroxylamine groups is 1. The Hall–Kier alpha value is -1.63. The van der Waals surface area contributed by atoms with E-state index in [1.807, 2.05) is 6.07 Å². The fourth-order valence-electron chi connectivity index (χ4n) is 2.22. The molecule has 1 heterocycles. The Balaban J connectivity index is 2.19. The van der Waals surface area contributed by atoms with Gasteiger partial charge in [0.1, 0.15) is 12.4 Å². The monoisotopic (exact) mass is 280 g/mol. The zero-order chi connectivity index (χ0) is 14.5. The van der Waals surface area contributed by atoms with E-state index >= 15 is 0 Å². The third-order valence-electron chi connectivity index (χ3n) is 3.49. The summed E-state index contributed by atoms with van der Waals surface area (Å²) in [6.45, 7) is 4.91. The van der Waals surface area contributed by atoms with Crippen LogP contribution in [0.25, 0.3) is 0 Å². The molecule has 0 saturated heterocycles. The van der Waals surface area contributed by atoms with Gasteiger partial charge in [0.2, 0.25) is 0 Å². The zero-order valence-corrected chi connectivity index (χ0v) is 11.8. The first-order valence-electron chi connectivity index (χ1n) is 6.59. The molecular weight excluding hydrogens is 260 g/mol. The summed E-state index contributed by atoms with van der Waals surface area (Å²) < 4.78 is 10.9. The van der Waals surface area contributed by atoms with E-state index in [4.69, 9.17) is 14.7 Å². The Morgan fingerprint density at radius 1 is 1.60 bits per heavy atom. The minimum atomic E-state index is -0.537. The quantitative estimate of drug-likeness (QED) is 0.637. The molecule has 6 nitrogen and oxygen atoms in total. The van der Waals surface area contributed by atoms with Crippen LogP contribution < -0.4 is 10.2 Å². The van der Waals surface area contributed by atoms with Gasteiger partial charge in [-0.25, -0.2) is 5.48 Å². The van der Waals surface area contributed by atoms with Crippen LogP contribution in [0.5, 0.6) is 5.75 Å². The van der Waals surface area contributed by atoms with Crippen LogP contribution in [0.4, 0.5) is 0 Å². The highest BCUT2D eigenvalue weighted by molar-refractivity contribution is 5.93. The van der Waals surface area contributed by atoms with Gasteiger partial charge in [0.25, 0.3) is 5.91 Å². The first kappa shape index (κ1) is 14.8. The summed E-state index contributed by atoms with van der Waals surface area (Å²) in [4.78, 5) is 13.7. The molecule has 0 fully saturated rings. The number of hydrogen-bond acceptors (Lipinski definition) is 5. The first-order chi connectivity index (χ1) is 9.65. The fourth-order valence-corrected chi connectivity index (χ4v) is 2.22. The van der Waals surface area contributed by atoms with E-state index in [1.165, 1.54) is 0 Å².